The minimum atomic E-state index is -0.592. The van der Waals surface area contributed by atoms with Gasteiger partial charge in [0.05, 0.1) is 12.1 Å². The third kappa shape index (κ3) is 7.18. The summed E-state index contributed by atoms with van der Waals surface area (Å²) in [5.74, 6) is 0.889. The number of methoxy groups -OCH3 is 1. The van der Waals surface area contributed by atoms with Gasteiger partial charge in [-0.2, -0.15) is 5.26 Å². The van der Waals surface area contributed by atoms with Gasteiger partial charge < -0.3 is 14.2 Å². The lowest BCUT2D eigenvalue weighted by atomic mass is 10.1. The topological polar surface area (TPSA) is 106 Å². The van der Waals surface area contributed by atoms with Crippen molar-refractivity contribution in [1.29, 1.82) is 5.26 Å². The van der Waals surface area contributed by atoms with Crippen molar-refractivity contribution >= 4 is 40.1 Å². The molecule has 0 spiro atoms. The predicted octanol–water partition coefficient (Wildman–Crippen LogP) is 5.38. The van der Waals surface area contributed by atoms with E-state index >= 15 is 0 Å². The lowest BCUT2D eigenvalue weighted by molar-refractivity contribution is -0.112. The van der Waals surface area contributed by atoms with Crippen LogP contribution >= 0.6 is 22.9 Å². The van der Waals surface area contributed by atoms with Crippen molar-refractivity contribution in [3.8, 4) is 23.3 Å². The smallest absolute Gasteiger partial charge is 0.268 e. The van der Waals surface area contributed by atoms with Crippen molar-refractivity contribution in [3.05, 3.63) is 62.6 Å². The summed E-state index contributed by atoms with van der Waals surface area (Å²) in [5, 5.41) is 21.3. The maximum absolute atomic E-state index is 12.5. The molecule has 0 fully saturated rings. The van der Waals surface area contributed by atoms with Crippen LogP contribution in [0.15, 0.2) is 35.9 Å². The van der Waals surface area contributed by atoms with Crippen LogP contribution in [0.3, 0.4) is 0 Å². The van der Waals surface area contributed by atoms with E-state index in [9.17, 15) is 10.1 Å². The highest BCUT2D eigenvalue weighted by atomic mass is 35.5. The van der Waals surface area contributed by atoms with Crippen LogP contribution in [-0.4, -0.2) is 36.4 Å². The molecule has 0 aliphatic heterocycles. The highest BCUT2D eigenvalue weighted by molar-refractivity contribution is 7.15. The number of nitrogens with zero attached hydrogens (tertiary/aromatic N) is 3. The number of nitrogens with one attached hydrogen (secondary N) is 1. The van der Waals surface area contributed by atoms with Gasteiger partial charge in [-0.15, -0.1) is 10.2 Å². The molecule has 0 radical (unpaired) electrons. The number of aromatic nitrogens is 2. The molecule has 3 rings (SSSR count). The van der Waals surface area contributed by atoms with E-state index in [1.807, 2.05) is 39.0 Å². The molecule has 0 unspecified atom stereocenters. The molecule has 0 aliphatic rings. The first-order chi connectivity index (χ1) is 16.8. The predicted molar refractivity (Wildman–Crippen MR) is 136 cm³/mol. The summed E-state index contributed by atoms with van der Waals surface area (Å²) in [7, 11) is 1.48. The summed E-state index contributed by atoms with van der Waals surface area (Å²) in [4.78, 5) is 12.5. The Hall–Kier alpha value is -3.61. The third-order valence-electron chi connectivity index (χ3n) is 4.71. The maximum Gasteiger partial charge on any atom is 0.268 e. The summed E-state index contributed by atoms with van der Waals surface area (Å²) in [6.45, 7) is 6.52. The summed E-state index contributed by atoms with van der Waals surface area (Å²) in [6.07, 6.45) is 2.12. The van der Waals surface area contributed by atoms with Gasteiger partial charge in [0, 0.05) is 0 Å². The Labute approximate surface area is 213 Å². The average molecular weight is 513 g/mol. The zero-order chi connectivity index (χ0) is 25.4. The van der Waals surface area contributed by atoms with Crippen LogP contribution in [-0.2, 0) is 11.2 Å². The van der Waals surface area contributed by atoms with Crippen LogP contribution in [0.5, 0.6) is 17.2 Å². The number of benzene rings is 2. The summed E-state index contributed by atoms with van der Waals surface area (Å²) in [6, 6.07) is 11.1. The number of carbonyl (C=O) groups is 1. The second kappa shape index (κ2) is 12.2. The number of rotatable bonds is 10. The summed E-state index contributed by atoms with van der Waals surface area (Å²) in [5.41, 5.74) is 2.62. The van der Waals surface area contributed by atoms with Gasteiger partial charge in [-0.3, -0.25) is 10.1 Å². The van der Waals surface area contributed by atoms with Gasteiger partial charge in [0.25, 0.3) is 5.91 Å². The van der Waals surface area contributed by atoms with Crippen molar-refractivity contribution < 1.29 is 19.0 Å². The second-order valence-corrected chi connectivity index (χ2v) is 9.00. The number of amides is 1. The normalized spacial score (nSPS) is 11.0. The molecule has 1 heterocycles. The van der Waals surface area contributed by atoms with Gasteiger partial charge in [0.15, 0.2) is 11.5 Å². The van der Waals surface area contributed by atoms with E-state index in [0.29, 0.717) is 35.2 Å². The molecular formula is C25H25ClN4O4S. The quantitative estimate of drug-likeness (QED) is 0.221. The molecular weight excluding hydrogens is 488 g/mol. The zero-order valence-corrected chi connectivity index (χ0v) is 21.4. The van der Waals surface area contributed by atoms with Crippen molar-refractivity contribution in [2.45, 2.75) is 27.2 Å². The van der Waals surface area contributed by atoms with Crippen molar-refractivity contribution in [2.24, 2.45) is 0 Å². The van der Waals surface area contributed by atoms with Gasteiger partial charge >= 0.3 is 0 Å². The number of hydrogen-bond acceptors (Lipinski definition) is 8. The molecule has 0 atom stereocenters. The van der Waals surface area contributed by atoms with Gasteiger partial charge in [-0.1, -0.05) is 35.9 Å². The zero-order valence-electron chi connectivity index (χ0n) is 19.8. The molecule has 2 aromatic carbocycles. The first kappa shape index (κ1) is 26.0. The molecule has 1 amide bonds. The average Bonchev–Trinajstić information content (AvgIpc) is 3.27. The number of aryl methyl sites for hydroxylation is 3. The molecule has 35 heavy (non-hydrogen) atoms. The van der Waals surface area contributed by atoms with Crippen LogP contribution < -0.4 is 19.5 Å². The Balaban J connectivity index is 1.68. The van der Waals surface area contributed by atoms with Crippen LogP contribution in [0, 0.1) is 25.2 Å². The first-order valence-electron chi connectivity index (χ1n) is 10.8. The van der Waals surface area contributed by atoms with Crippen LogP contribution in [0.25, 0.3) is 6.08 Å². The fourth-order valence-corrected chi connectivity index (χ4v) is 4.16. The van der Waals surface area contributed by atoms with Crippen LogP contribution in [0.1, 0.15) is 28.6 Å². The summed E-state index contributed by atoms with van der Waals surface area (Å²) >= 11 is 7.69. The SMILES string of the molecule is CCc1nnc(NC(=O)C(C#N)=Cc2cc(Cl)c(OCCOc3cc(C)cc(C)c3)c(OC)c2)s1. The molecule has 0 aliphatic carbocycles. The van der Waals surface area contributed by atoms with Crippen LogP contribution in [0.4, 0.5) is 5.13 Å². The van der Waals surface area contributed by atoms with Gasteiger partial charge in [0.2, 0.25) is 5.13 Å². The van der Waals surface area contributed by atoms with Crippen LogP contribution in [0.2, 0.25) is 5.02 Å². The number of anilines is 1. The molecule has 3 aromatic rings. The Morgan fingerprint density at radius 3 is 2.49 bits per heavy atom. The number of hydrogen-bond donors (Lipinski definition) is 1. The van der Waals surface area contributed by atoms with Gasteiger partial charge in [-0.25, -0.2) is 0 Å². The van der Waals surface area contributed by atoms with E-state index in [-0.39, 0.29) is 17.2 Å². The Morgan fingerprint density at radius 2 is 1.86 bits per heavy atom. The van der Waals surface area contributed by atoms with E-state index in [4.69, 9.17) is 25.8 Å². The molecule has 0 saturated carbocycles. The number of halogens is 1. The minimum Gasteiger partial charge on any atom is -0.493 e. The fraction of sp³-hybridized carbons (Fsp3) is 0.280. The monoisotopic (exact) mass is 512 g/mol. The van der Waals surface area contributed by atoms with Crippen molar-refractivity contribution in [2.75, 3.05) is 25.6 Å². The molecule has 0 bridgehead atoms. The van der Waals surface area contributed by atoms with E-state index in [0.717, 1.165) is 21.9 Å². The Kier molecular flexibility index (Phi) is 9.06. The maximum atomic E-state index is 12.5. The number of nitriles is 1. The lowest BCUT2D eigenvalue weighted by Crippen LogP contribution is -2.13. The molecule has 182 valence electrons. The highest BCUT2D eigenvalue weighted by Gasteiger charge is 2.16. The number of carbonyl (C=O) groups excluding carboxylic acids is 1. The van der Waals surface area contributed by atoms with Gasteiger partial charge in [0.1, 0.15) is 35.6 Å². The van der Waals surface area contributed by atoms with E-state index in [1.165, 1.54) is 24.5 Å². The molecule has 0 saturated heterocycles. The minimum absolute atomic E-state index is 0.119. The standard InChI is InChI=1S/C25H25ClN4O4S/c1-5-22-29-30-25(35-22)28-24(31)18(14-27)11-17-12-20(26)23(21(13-17)32-4)34-7-6-33-19-9-15(2)8-16(3)10-19/h8-13H,5-7H2,1-4H3,(H,28,30,31). The molecule has 10 heteroatoms. The first-order valence-corrected chi connectivity index (χ1v) is 12.0. The number of ether oxygens (including phenoxy) is 3. The Bertz CT molecular complexity index is 1260. The molecule has 8 nitrogen and oxygen atoms in total. The van der Waals surface area contributed by atoms with Gasteiger partial charge in [-0.05, 0) is 67.3 Å². The highest BCUT2D eigenvalue weighted by Crippen LogP contribution is 2.37. The summed E-state index contributed by atoms with van der Waals surface area (Å²) < 4.78 is 17.0. The third-order valence-corrected chi connectivity index (χ3v) is 5.98. The molecule has 1 N–H and O–H groups in total. The Morgan fingerprint density at radius 1 is 1.14 bits per heavy atom. The lowest BCUT2D eigenvalue weighted by Gasteiger charge is -2.14. The van der Waals surface area contributed by atoms with E-state index in [1.54, 1.807) is 12.1 Å². The van der Waals surface area contributed by atoms with Crippen molar-refractivity contribution in [3.63, 3.8) is 0 Å². The van der Waals surface area contributed by atoms with E-state index in [2.05, 4.69) is 21.6 Å². The largest absolute Gasteiger partial charge is 0.493 e. The molecule has 1 aromatic heterocycles. The second-order valence-electron chi connectivity index (χ2n) is 7.53. The van der Waals surface area contributed by atoms with E-state index < -0.39 is 5.91 Å². The fourth-order valence-electron chi connectivity index (χ4n) is 3.21. The van der Waals surface area contributed by atoms with Crippen molar-refractivity contribution in [1.82, 2.24) is 10.2 Å².